The molecular formula is C14H12Cl2N2O2. The van der Waals surface area contributed by atoms with Gasteiger partial charge in [0, 0.05) is 11.1 Å². The molecule has 1 unspecified atom stereocenters. The second kappa shape index (κ2) is 6.11. The van der Waals surface area contributed by atoms with Gasteiger partial charge < -0.3 is 10.4 Å². The maximum absolute atomic E-state index is 11.2. The third-order valence-corrected chi connectivity index (χ3v) is 3.28. The molecule has 0 aliphatic rings. The zero-order valence-electron chi connectivity index (χ0n) is 10.6. The number of rotatable bonds is 4. The Bertz CT molecular complexity index is 630. The fourth-order valence-corrected chi connectivity index (χ4v) is 2.03. The fourth-order valence-electron chi connectivity index (χ4n) is 1.76. The van der Waals surface area contributed by atoms with E-state index in [4.69, 9.17) is 28.3 Å². The molecule has 6 heteroatoms. The maximum atomic E-state index is 11.2. The van der Waals surface area contributed by atoms with Gasteiger partial charge in [0.25, 0.3) is 0 Å². The Morgan fingerprint density at radius 2 is 1.85 bits per heavy atom. The number of aromatic carboxylic acids is 1. The van der Waals surface area contributed by atoms with Crippen LogP contribution in [0.15, 0.2) is 36.4 Å². The highest BCUT2D eigenvalue weighted by Crippen LogP contribution is 2.23. The van der Waals surface area contributed by atoms with E-state index in [0.717, 1.165) is 5.56 Å². The molecule has 0 bridgehead atoms. The molecule has 1 atom stereocenters. The summed E-state index contributed by atoms with van der Waals surface area (Å²) in [5, 5.41) is 13.1. The smallest absolute Gasteiger partial charge is 0.339 e. The van der Waals surface area contributed by atoms with Crippen LogP contribution in [0.2, 0.25) is 10.2 Å². The van der Waals surface area contributed by atoms with Crippen molar-refractivity contribution >= 4 is 35.0 Å². The molecule has 0 aliphatic heterocycles. The Morgan fingerprint density at radius 3 is 2.45 bits per heavy atom. The molecule has 1 heterocycles. The van der Waals surface area contributed by atoms with Gasteiger partial charge in [-0.15, -0.1) is 0 Å². The minimum Gasteiger partial charge on any atom is -0.478 e. The monoisotopic (exact) mass is 310 g/mol. The Hall–Kier alpha value is -1.78. The van der Waals surface area contributed by atoms with E-state index >= 15 is 0 Å². The van der Waals surface area contributed by atoms with Gasteiger partial charge in [-0.1, -0.05) is 35.3 Å². The molecule has 0 saturated heterocycles. The van der Waals surface area contributed by atoms with E-state index in [9.17, 15) is 4.79 Å². The molecule has 1 aromatic carbocycles. The third kappa shape index (κ3) is 3.40. The fraction of sp³-hybridized carbons (Fsp3) is 0.143. The van der Waals surface area contributed by atoms with Gasteiger partial charge in [0.2, 0.25) is 0 Å². The highest BCUT2D eigenvalue weighted by molar-refractivity contribution is 6.30. The minimum absolute atomic E-state index is 0.0789. The number of hydrogen-bond donors (Lipinski definition) is 2. The lowest BCUT2D eigenvalue weighted by Gasteiger charge is -2.16. The number of nitrogens with zero attached hydrogens (tertiary/aromatic N) is 1. The van der Waals surface area contributed by atoms with Crippen molar-refractivity contribution in [3.05, 3.63) is 57.7 Å². The first-order valence-corrected chi connectivity index (χ1v) is 6.65. The summed E-state index contributed by atoms with van der Waals surface area (Å²) in [5.74, 6) is -0.813. The summed E-state index contributed by atoms with van der Waals surface area (Å²) >= 11 is 11.6. The molecule has 4 nitrogen and oxygen atoms in total. The van der Waals surface area contributed by atoms with Crippen LogP contribution in [-0.4, -0.2) is 16.1 Å². The topological polar surface area (TPSA) is 62.2 Å². The van der Waals surface area contributed by atoms with E-state index in [1.54, 1.807) is 12.1 Å². The highest BCUT2D eigenvalue weighted by atomic mass is 35.5. The van der Waals surface area contributed by atoms with E-state index in [1.807, 2.05) is 19.1 Å². The van der Waals surface area contributed by atoms with Crippen molar-refractivity contribution in [1.29, 1.82) is 0 Å². The zero-order valence-corrected chi connectivity index (χ0v) is 12.1. The van der Waals surface area contributed by atoms with Gasteiger partial charge in [0.1, 0.15) is 16.5 Å². The normalized spacial score (nSPS) is 11.9. The summed E-state index contributed by atoms with van der Waals surface area (Å²) in [4.78, 5) is 15.2. The van der Waals surface area contributed by atoms with Crippen LogP contribution in [-0.2, 0) is 0 Å². The SMILES string of the molecule is CC(Nc1nc(Cl)ccc1C(=O)O)c1ccc(Cl)cc1. The van der Waals surface area contributed by atoms with Gasteiger partial charge in [-0.2, -0.15) is 0 Å². The van der Waals surface area contributed by atoms with Crippen LogP contribution in [0, 0.1) is 0 Å². The minimum atomic E-state index is -1.06. The number of carboxylic acids is 1. The molecular weight excluding hydrogens is 299 g/mol. The second-order valence-corrected chi connectivity index (χ2v) is 5.08. The summed E-state index contributed by atoms with van der Waals surface area (Å²) in [6.45, 7) is 1.90. The zero-order chi connectivity index (χ0) is 14.7. The summed E-state index contributed by atoms with van der Waals surface area (Å²) in [6.07, 6.45) is 0. The summed E-state index contributed by atoms with van der Waals surface area (Å²) in [7, 11) is 0. The van der Waals surface area contributed by atoms with Crippen LogP contribution in [0.25, 0.3) is 0 Å². The van der Waals surface area contributed by atoms with Crippen LogP contribution in [0.3, 0.4) is 0 Å². The van der Waals surface area contributed by atoms with Crippen molar-refractivity contribution in [3.8, 4) is 0 Å². The van der Waals surface area contributed by atoms with Gasteiger partial charge in [-0.25, -0.2) is 9.78 Å². The number of anilines is 1. The Balaban J connectivity index is 2.27. The lowest BCUT2D eigenvalue weighted by molar-refractivity contribution is 0.0697. The average molecular weight is 311 g/mol. The Kier molecular flexibility index (Phi) is 4.47. The van der Waals surface area contributed by atoms with E-state index in [2.05, 4.69) is 10.3 Å². The number of carbonyl (C=O) groups is 1. The average Bonchev–Trinajstić information content (AvgIpc) is 2.39. The van der Waals surface area contributed by atoms with Crippen molar-refractivity contribution < 1.29 is 9.90 Å². The summed E-state index contributed by atoms with van der Waals surface area (Å²) in [6, 6.07) is 10.0. The lowest BCUT2D eigenvalue weighted by Crippen LogP contribution is -2.12. The largest absolute Gasteiger partial charge is 0.478 e. The first-order valence-electron chi connectivity index (χ1n) is 5.89. The van der Waals surface area contributed by atoms with E-state index in [-0.39, 0.29) is 22.6 Å². The molecule has 1 aromatic heterocycles. The number of pyridine rings is 1. The van der Waals surface area contributed by atoms with Crippen molar-refractivity contribution in [3.63, 3.8) is 0 Å². The van der Waals surface area contributed by atoms with Crippen LogP contribution in [0.5, 0.6) is 0 Å². The highest BCUT2D eigenvalue weighted by Gasteiger charge is 2.15. The molecule has 0 saturated carbocycles. The van der Waals surface area contributed by atoms with Crippen molar-refractivity contribution in [2.24, 2.45) is 0 Å². The Morgan fingerprint density at radius 1 is 1.20 bits per heavy atom. The molecule has 0 spiro atoms. The number of halogens is 2. The first kappa shape index (κ1) is 14.6. The van der Waals surface area contributed by atoms with Crippen molar-refractivity contribution in [2.45, 2.75) is 13.0 Å². The quantitative estimate of drug-likeness (QED) is 0.828. The molecule has 2 aromatic rings. The number of aromatic nitrogens is 1. The van der Waals surface area contributed by atoms with E-state index in [1.165, 1.54) is 12.1 Å². The van der Waals surface area contributed by atoms with E-state index < -0.39 is 5.97 Å². The Labute approximate surface area is 126 Å². The van der Waals surface area contributed by atoms with Gasteiger partial charge in [0.05, 0.1) is 0 Å². The first-order chi connectivity index (χ1) is 9.47. The van der Waals surface area contributed by atoms with Crippen LogP contribution < -0.4 is 5.32 Å². The molecule has 0 amide bonds. The molecule has 2 N–H and O–H groups in total. The maximum Gasteiger partial charge on any atom is 0.339 e. The number of benzene rings is 1. The number of hydrogen-bond acceptors (Lipinski definition) is 3. The second-order valence-electron chi connectivity index (χ2n) is 4.25. The predicted octanol–water partition coefficient (Wildman–Crippen LogP) is 4.26. The van der Waals surface area contributed by atoms with Crippen LogP contribution in [0.1, 0.15) is 28.9 Å². The van der Waals surface area contributed by atoms with Gasteiger partial charge >= 0.3 is 5.97 Å². The standard InChI is InChI=1S/C14H12Cl2N2O2/c1-8(9-2-4-10(15)5-3-9)17-13-11(14(19)20)6-7-12(16)18-13/h2-8H,1H3,(H,17,18)(H,19,20). The van der Waals surface area contributed by atoms with Crippen molar-refractivity contribution in [1.82, 2.24) is 4.98 Å². The van der Waals surface area contributed by atoms with Gasteiger partial charge in [-0.3, -0.25) is 0 Å². The molecule has 0 aliphatic carbocycles. The molecule has 104 valence electrons. The lowest BCUT2D eigenvalue weighted by atomic mass is 10.1. The van der Waals surface area contributed by atoms with Crippen LogP contribution >= 0.6 is 23.2 Å². The number of carboxylic acid groups (broad SMARTS) is 1. The molecule has 0 radical (unpaired) electrons. The van der Waals surface area contributed by atoms with Gasteiger partial charge in [0.15, 0.2) is 0 Å². The summed E-state index contributed by atoms with van der Waals surface area (Å²) < 4.78 is 0. The van der Waals surface area contributed by atoms with E-state index in [0.29, 0.717) is 5.02 Å². The van der Waals surface area contributed by atoms with Crippen LogP contribution in [0.4, 0.5) is 5.82 Å². The van der Waals surface area contributed by atoms with Gasteiger partial charge in [-0.05, 0) is 36.8 Å². The third-order valence-electron chi connectivity index (χ3n) is 2.81. The predicted molar refractivity (Wildman–Crippen MR) is 79.7 cm³/mol. The van der Waals surface area contributed by atoms with Crippen molar-refractivity contribution in [2.75, 3.05) is 5.32 Å². The molecule has 20 heavy (non-hydrogen) atoms. The number of nitrogens with one attached hydrogen (secondary N) is 1. The summed E-state index contributed by atoms with van der Waals surface area (Å²) in [5.41, 5.74) is 1.04. The molecule has 2 rings (SSSR count). The molecule has 0 fully saturated rings.